The smallest absolute Gasteiger partial charge is 0.356 e. The molecule has 1 aromatic rings. The van der Waals surface area contributed by atoms with E-state index < -0.39 is 0 Å². The molecule has 0 aliphatic carbocycles. The fourth-order valence-electron chi connectivity index (χ4n) is 2.25. The van der Waals surface area contributed by atoms with Crippen LogP contribution in [0.5, 0.6) is 0 Å². The number of hydrogen-bond acceptors (Lipinski definition) is 4. The highest BCUT2D eigenvalue weighted by molar-refractivity contribution is 6.27. The van der Waals surface area contributed by atoms with Crippen LogP contribution < -0.4 is 5.32 Å². The van der Waals surface area contributed by atoms with Crippen LogP contribution in [0.2, 0.25) is 0 Å². The molecule has 2 rings (SSSR count). The summed E-state index contributed by atoms with van der Waals surface area (Å²) in [4.78, 5) is 26.9. The van der Waals surface area contributed by atoms with Crippen molar-refractivity contribution in [1.82, 2.24) is 14.9 Å². The Labute approximate surface area is 116 Å². The Morgan fingerprint density at radius 3 is 3.11 bits per heavy atom. The second-order valence-electron chi connectivity index (χ2n) is 4.50. The summed E-state index contributed by atoms with van der Waals surface area (Å²) in [6.07, 6.45) is 3.16. The number of rotatable bonds is 4. The third-order valence-corrected chi connectivity index (χ3v) is 3.52. The molecule has 0 saturated heterocycles. The van der Waals surface area contributed by atoms with Gasteiger partial charge in [-0.1, -0.05) is 0 Å². The van der Waals surface area contributed by atoms with Gasteiger partial charge >= 0.3 is 5.97 Å². The summed E-state index contributed by atoms with van der Waals surface area (Å²) in [5.74, 6) is 0.635. The van der Waals surface area contributed by atoms with Gasteiger partial charge < -0.3 is 14.6 Å². The molecule has 1 amide bonds. The average Bonchev–Trinajstić information content (AvgIpc) is 2.86. The lowest BCUT2D eigenvalue weighted by Crippen LogP contribution is -2.34. The summed E-state index contributed by atoms with van der Waals surface area (Å²) < 4.78 is 6.59. The quantitative estimate of drug-likeness (QED) is 0.649. The lowest BCUT2D eigenvalue weighted by atomic mass is 9.97. The van der Waals surface area contributed by atoms with E-state index in [1.54, 1.807) is 6.20 Å². The van der Waals surface area contributed by atoms with E-state index >= 15 is 0 Å². The number of aromatic nitrogens is 2. The number of fused-ring (bicyclic) bond motifs is 1. The standard InChI is InChI=1S/C12H16ClN3O3/c1-19-12(18)9-7-14-10-4-8(2-3-16(9)10)6-15-11(17)5-13/h7-8H,2-6H2,1H3,(H,15,17). The highest BCUT2D eigenvalue weighted by Crippen LogP contribution is 2.21. The third kappa shape index (κ3) is 3.07. The van der Waals surface area contributed by atoms with Gasteiger partial charge in [0, 0.05) is 19.5 Å². The van der Waals surface area contributed by atoms with Crippen LogP contribution in [0.4, 0.5) is 0 Å². The zero-order valence-electron chi connectivity index (χ0n) is 10.7. The summed E-state index contributed by atoms with van der Waals surface area (Å²) in [5.41, 5.74) is 0.487. The van der Waals surface area contributed by atoms with Crippen LogP contribution in [0.25, 0.3) is 0 Å². The number of carbonyl (C=O) groups is 2. The maximum Gasteiger partial charge on any atom is 0.356 e. The Morgan fingerprint density at radius 2 is 2.42 bits per heavy atom. The van der Waals surface area contributed by atoms with E-state index in [1.807, 2.05) is 4.57 Å². The van der Waals surface area contributed by atoms with Crippen molar-refractivity contribution in [2.75, 3.05) is 19.5 Å². The van der Waals surface area contributed by atoms with Crippen molar-refractivity contribution >= 4 is 23.5 Å². The van der Waals surface area contributed by atoms with Gasteiger partial charge in [0.05, 0.1) is 13.3 Å². The van der Waals surface area contributed by atoms with Gasteiger partial charge in [0.1, 0.15) is 17.4 Å². The predicted octanol–water partition coefficient (Wildman–Crippen LogP) is 0.587. The van der Waals surface area contributed by atoms with Crippen molar-refractivity contribution < 1.29 is 14.3 Å². The molecule has 1 N–H and O–H groups in total. The molecule has 0 saturated carbocycles. The molecule has 104 valence electrons. The number of alkyl halides is 1. The first-order chi connectivity index (χ1) is 9.15. The first-order valence-electron chi connectivity index (χ1n) is 6.11. The molecule has 1 aliphatic heterocycles. The summed E-state index contributed by atoms with van der Waals surface area (Å²) in [7, 11) is 1.36. The fraction of sp³-hybridized carbons (Fsp3) is 0.583. The lowest BCUT2D eigenvalue weighted by molar-refractivity contribution is -0.118. The number of methoxy groups -OCH3 is 1. The second kappa shape index (κ2) is 6.06. The summed E-state index contributed by atoms with van der Waals surface area (Å²) >= 11 is 5.43. The molecule has 19 heavy (non-hydrogen) atoms. The molecule has 2 heterocycles. The van der Waals surface area contributed by atoms with Crippen molar-refractivity contribution in [3.63, 3.8) is 0 Å². The monoisotopic (exact) mass is 285 g/mol. The van der Waals surface area contributed by atoms with Crippen LogP contribution in [-0.4, -0.2) is 41.0 Å². The van der Waals surface area contributed by atoms with E-state index in [0.717, 1.165) is 18.7 Å². The first-order valence-corrected chi connectivity index (χ1v) is 6.64. The predicted molar refractivity (Wildman–Crippen MR) is 69.1 cm³/mol. The van der Waals surface area contributed by atoms with Crippen LogP contribution in [0.1, 0.15) is 22.7 Å². The molecule has 1 aliphatic rings. The second-order valence-corrected chi connectivity index (χ2v) is 4.77. The molecular formula is C12H16ClN3O3. The highest BCUT2D eigenvalue weighted by atomic mass is 35.5. The molecular weight excluding hydrogens is 270 g/mol. The Balaban J connectivity index is 1.99. The van der Waals surface area contributed by atoms with E-state index in [4.69, 9.17) is 16.3 Å². The summed E-state index contributed by atoms with van der Waals surface area (Å²) in [5, 5.41) is 2.77. The summed E-state index contributed by atoms with van der Waals surface area (Å²) in [6, 6.07) is 0. The van der Waals surface area contributed by atoms with E-state index in [-0.39, 0.29) is 17.8 Å². The molecule has 0 spiro atoms. The number of halogens is 1. The SMILES string of the molecule is COC(=O)c1cnc2n1CCC(CNC(=O)CCl)C2. The van der Waals surface area contributed by atoms with Crippen LogP contribution in [0, 0.1) is 5.92 Å². The number of nitrogens with zero attached hydrogens (tertiary/aromatic N) is 2. The van der Waals surface area contributed by atoms with Crippen LogP contribution in [-0.2, 0) is 22.5 Å². The largest absolute Gasteiger partial charge is 0.464 e. The highest BCUT2D eigenvalue weighted by Gasteiger charge is 2.24. The van der Waals surface area contributed by atoms with Gasteiger partial charge in [-0.3, -0.25) is 4.79 Å². The van der Waals surface area contributed by atoms with Crippen molar-refractivity contribution in [3.05, 3.63) is 17.7 Å². The molecule has 7 heteroatoms. The summed E-state index contributed by atoms with van der Waals surface area (Å²) in [6.45, 7) is 1.30. The number of amides is 1. The van der Waals surface area contributed by atoms with Gasteiger partial charge in [-0.05, 0) is 12.3 Å². The van der Waals surface area contributed by atoms with Crippen LogP contribution in [0.15, 0.2) is 6.20 Å². The number of esters is 1. The zero-order valence-corrected chi connectivity index (χ0v) is 11.4. The minimum Gasteiger partial charge on any atom is -0.464 e. The van der Waals surface area contributed by atoms with E-state index in [1.165, 1.54) is 7.11 Å². The minimum absolute atomic E-state index is 0.0200. The van der Waals surface area contributed by atoms with Gasteiger partial charge in [0.15, 0.2) is 0 Å². The van der Waals surface area contributed by atoms with Gasteiger partial charge in [0.2, 0.25) is 5.91 Å². The van der Waals surface area contributed by atoms with Gasteiger partial charge in [0.25, 0.3) is 0 Å². The molecule has 0 fully saturated rings. The first kappa shape index (κ1) is 13.9. The molecule has 1 unspecified atom stereocenters. The van der Waals surface area contributed by atoms with Gasteiger partial charge in [-0.2, -0.15) is 0 Å². The van der Waals surface area contributed by atoms with E-state index in [9.17, 15) is 9.59 Å². The lowest BCUT2D eigenvalue weighted by Gasteiger charge is -2.24. The van der Waals surface area contributed by atoms with Crippen LogP contribution in [0.3, 0.4) is 0 Å². The number of imidazole rings is 1. The maximum atomic E-state index is 11.5. The van der Waals surface area contributed by atoms with E-state index in [0.29, 0.717) is 24.7 Å². The average molecular weight is 286 g/mol. The van der Waals surface area contributed by atoms with Crippen molar-refractivity contribution in [2.45, 2.75) is 19.4 Å². The fourth-order valence-corrected chi connectivity index (χ4v) is 2.34. The Bertz CT molecular complexity index is 487. The van der Waals surface area contributed by atoms with Gasteiger partial charge in [-0.15, -0.1) is 11.6 Å². The van der Waals surface area contributed by atoms with Gasteiger partial charge in [-0.25, -0.2) is 9.78 Å². The molecule has 1 atom stereocenters. The maximum absolute atomic E-state index is 11.5. The van der Waals surface area contributed by atoms with Crippen molar-refractivity contribution in [3.8, 4) is 0 Å². The Morgan fingerprint density at radius 1 is 1.63 bits per heavy atom. The molecule has 0 bridgehead atoms. The van der Waals surface area contributed by atoms with Crippen LogP contribution >= 0.6 is 11.6 Å². The minimum atomic E-state index is -0.368. The number of carbonyl (C=O) groups excluding carboxylic acids is 2. The Hall–Kier alpha value is -1.56. The topological polar surface area (TPSA) is 73.2 Å². The molecule has 6 nitrogen and oxygen atoms in total. The number of nitrogens with one attached hydrogen (secondary N) is 1. The third-order valence-electron chi connectivity index (χ3n) is 3.27. The normalized spacial score (nSPS) is 17.7. The number of hydrogen-bond donors (Lipinski definition) is 1. The van der Waals surface area contributed by atoms with Crippen molar-refractivity contribution in [2.24, 2.45) is 5.92 Å². The van der Waals surface area contributed by atoms with Crippen molar-refractivity contribution in [1.29, 1.82) is 0 Å². The molecule has 1 aromatic heterocycles. The van der Waals surface area contributed by atoms with E-state index in [2.05, 4.69) is 10.3 Å². The number of ether oxygens (including phenoxy) is 1. The molecule has 0 radical (unpaired) electrons. The molecule has 0 aromatic carbocycles. The zero-order chi connectivity index (χ0) is 13.8. The Kier molecular flexibility index (Phi) is 4.42.